The van der Waals surface area contributed by atoms with Gasteiger partial charge in [-0.2, -0.15) is 0 Å². The van der Waals surface area contributed by atoms with E-state index in [4.69, 9.17) is 21.3 Å². The minimum Gasteiger partial charge on any atom is -0.494 e. The minimum atomic E-state index is 0.694. The lowest BCUT2D eigenvalue weighted by molar-refractivity contribution is 0.169. The first-order valence-corrected chi connectivity index (χ1v) is 12.4. The van der Waals surface area contributed by atoms with Crippen molar-refractivity contribution < 1.29 is 4.74 Å². The fourth-order valence-electron chi connectivity index (χ4n) is 4.27. The first-order chi connectivity index (χ1) is 16.2. The van der Waals surface area contributed by atoms with Crippen molar-refractivity contribution in [1.29, 1.82) is 0 Å². The lowest BCUT2D eigenvalue weighted by atomic mass is 10.1. The van der Waals surface area contributed by atoms with Crippen LogP contribution in [0.2, 0.25) is 5.02 Å². The molecule has 0 unspecified atom stereocenters. The number of anilines is 2. The third kappa shape index (κ3) is 5.35. The zero-order valence-corrected chi connectivity index (χ0v) is 20.6. The van der Waals surface area contributed by atoms with E-state index in [-0.39, 0.29) is 0 Å². The molecule has 1 saturated heterocycles. The molecule has 1 N–H and O–H groups in total. The summed E-state index contributed by atoms with van der Waals surface area (Å²) in [6.07, 6.45) is 1.01. The van der Waals surface area contributed by atoms with Gasteiger partial charge < -0.3 is 15.0 Å². The van der Waals surface area contributed by atoms with E-state index in [2.05, 4.69) is 55.3 Å². The summed E-state index contributed by atoms with van der Waals surface area (Å²) in [6.45, 7) is 5.65. The van der Waals surface area contributed by atoms with Crippen LogP contribution in [0.25, 0.3) is 0 Å². The molecule has 0 saturated carbocycles. The molecule has 1 fully saturated rings. The van der Waals surface area contributed by atoms with Gasteiger partial charge in [-0.15, -0.1) is 0 Å². The first-order valence-electron chi connectivity index (χ1n) is 11.3. The monoisotopic (exact) mass is 524 g/mol. The van der Waals surface area contributed by atoms with Crippen LogP contribution in [-0.4, -0.2) is 55.0 Å². The molecule has 5 nitrogen and oxygen atoms in total. The lowest BCUT2D eigenvalue weighted by Gasteiger charge is -2.36. The van der Waals surface area contributed by atoms with E-state index in [0.717, 1.165) is 84.4 Å². The van der Waals surface area contributed by atoms with Crippen LogP contribution in [0, 0.1) is 0 Å². The molecule has 0 bridgehead atoms. The Morgan fingerprint density at radius 1 is 0.939 bits per heavy atom. The summed E-state index contributed by atoms with van der Waals surface area (Å²) in [7, 11) is 0. The Labute approximate surface area is 208 Å². The highest BCUT2D eigenvalue weighted by molar-refractivity contribution is 9.10. The van der Waals surface area contributed by atoms with E-state index < -0.39 is 0 Å². The number of benzene rings is 3. The van der Waals surface area contributed by atoms with Crippen LogP contribution in [0.1, 0.15) is 12.0 Å². The van der Waals surface area contributed by atoms with Crippen molar-refractivity contribution in [3.8, 4) is 5.75 Å². The molecule has 2 heterocycles. The maximum Gasteiger partial charge on any atom is 0.138 e. The number of amidine groups is 1. The molecule has 0 spiro atoms. The Hall–Kier alpha value is -2.54. The first kappa shape index (κ1) is 22.3. The molecule has 0 radical (unpaired) electrons. The van der Waals surface area contributed by atoms with E-state index in [0.29, 0.717) is 5.02 Å². The second-order valence-electron chi connectivity index (χ2n) is 8.26. The van der Waals surface area contributed by atoms with E-state index in [1.807, 2.05) is 42.5 Å². The number of hydrogen-bond donors (Lipinski definition) is 1. The van der Waals surface area contributed by atoms with Crippen molar-refractivity contribution in [2.45, 2.75) is 6.42 Å². The summed E-state index contributed by atoms with van der Waals surface area (Å²) >= 11 is 9.76. The Kier molecular flexibility index (Phi) is 6.85. The van der Waals surface area contributed by atoms with Gasteiger partial charge >= 0.3 is 0 Å². The van der Waals surface area contributed by atoms with Crippen molar-refractivity contribution in [1.82, 2.24) is 9.80 Å². The third-order valence-corrected chi connectivity index (χ3v) is 6.71. The third-order valence-electron chi connectivity index (χ3n) is 5.98. The standard InChI is InChI=1S/C26H26BrClN4O/c27-19-5-3-6-21(17-19)33-16-4-11-31-12-14-32(15-13-31)26-22-7-1-2-8-23(22)29-24-10-9-20(28)18-25(24)30-26/h1-3,5-10,17-18,29H,4,11-16H2. The van der Waals surface area contributed by atoms with Crippen molar-refractivity contribution in [2.24, 2.45) is 4.99 Å². The highest BCUT2D eigenvalue weighted by atomic mass is 79.9. The zero-order chi connectivity index (χ0) is 22.6. The Balaban J connectivity index is 1.22. The number of piperazine rings is 1. The summed E-state index contributed by atoms with van der Waals surface area (Å²) in [5.41, 5.74) is 4.05. The topological polar surface area (TPSA) is 40.1 Å². The van der Waals surface area contributed by atoms with Gasteiger partial charge in [0.2, 0.25) is 0 Å². The van der Waals surface area contributed by atoms with E-state index >= 15 is 0 Å². The second-order valence-corrected chi connectivity index (χ2v) is 9.61. The average molecular weight is 526 g/mol. The molecule has 3 aromatic rings. The van der Waals surface area contributed by atoms with Crippen LogP contribution in [-0.2, 0) is 0 Å². The fraction of sp³-hybridized carbons (Fsp3) is 0.269. The van der Waals surface area contributed by atoms with Crippen LogP contribution in [0.5, 0.6) is 5.75 Å². The maximum absolute atomic E-state index is 6.27. The molecular formula is C26H26BrClN4O. The SMILES string of the molecule is Clc1ccc2c(c1)N=C(N1CCN(CCCOc3cccc(Br)c3)CC1)c1ccccc1N2. The summed E-state index contributed by atoms with van der Waals surface area (Å²) in [6, 6.07) is 22.2. The number of aliphatic imine (C=N–C) groups is 1. The zero-order valence-electron chi connectivity index (χ0n) is 18.3. The van der Waals surface area contributed by atoms with Gasteiger partial charge in [-0.05, 0) is 55.0 Å². The lowest BCUT2D eigenvalue weighted by Crippen LogP contribution is -2.49. The Morgan fingerprint density at radius 2 is 1.79 bits per heavy atom. The number of hydrogen-bond acceptors (Lipinski definition) is 5. The van der Waals surface area contributed by atoms with Gasteiger partial charge in [-0.1, -0.05) is 45.7 Å². The largest absolute Gasteiger partial charge is 0.494 e. The van der Waals surface area contributed by atoms with E-state index in [1.165, 1.54) is 0 Å². The molecular weight excluding hydrogens is 500 g/mol. The van der Waals surface area contributed by atoms with E-state index in [9.17, 15) is 0 Å². The van der Waals surface area contributed by atoms with Crippen molar-refractivity contribution in [3.63, 3.8) is 0 Å². The molecule has 3 aromatic carbocycles. The summed E-state index contributed by atoms with van der Waals surface area (Å²) in [4.78, 5) is 9.96. The molecule has 2 aliphatic rings. The van der Waals surface area contributed by atoms with Crippen molar-refractivity contribution >= 4 is 50.4 Å². The average Bonchev–Trinajstić information content (AvgIpc) is 2.99. The molecule has 0 amide bonds. The predicted molar refractivity (Wildman–Crippen MR) is 140 cm³/mol. The Morgan fingerprint density at radius 3 is 2.64 bits per heavy atom. The molecule has 0 aromatic heterocycles. The number of para-hydroxylation sites is 1. The number of nitrogens with one attached hydrogen (secondary N) is 1. The van der Waals surface area contributed by atoms with Gasteiger partial charge in [-0.25, -0.2) is 4.99 Å². The molecule has 7 heteroatoms. The van der Waals surface area contributed by atoms with Gasteiger partial charge in [0.25, 0.3) is 0 Å². The van der Waals surface area contributed by atoms with Crippen LogP contribution in [0.15, 0.2) is 76.2 Å². The quantitative estimate of drug-likeness (QED) is 0.396. The molecule has 2 aliphatic heterocycles. The van der Waals surface area contributed by atoms with Crippen LogP contribution in [0.4, 0.5) is 17.1 Å². The smallest absolute Gasteiger partial charge is 0.138 e. The fourth-order valence-corrected chi connectivity index (χ4v) is 4.81. The molecule has 0 aliphatic carbocycles. The number of halogens is 2. The number of rotatable bonds is 5. The highest BCUT2D eigenvalue weighted by Gasteiger charge is 2.24. The van der Waals surface area contributed by atoms with Crippen LogP contribution >= 0.6 is 27.5 Å². The van der Waals surface area contributed by atoms with Crippen LogP contribution < -0.4 is 10.1 Å². The Bertz CT molecular complexity index is 1160. The normalized spacial score (nSPS) is 15.7. The summed E-state index contributed by atoms with van der Waals surface area (Å²) in [5, 5.41) is 4.23. The number of ether oxygens (including phenoxy) is 1. The van der Waals surface area contributed by atoms with Crippen molar-refractivity contribution in [2.75, 3.05) is 44.6 Å². The maximum atomic E-state index is 6.27. The molecule has 5 rings (SSSR count). The van der Waals surface area contributed by atoms with Gasteiger partial charge in [0.1, 0.15) is 11.6 Å². The van der Waals surface area contributed by atoms with Gasteiger partial charge in [0, 0.05) is 53.5 Å². The molecule has 170 valence electrons. The highest BCUT2D eigenvalue weighted by Crippen LogP contribution is 2.36. The summed E-state index contributed by atoms with van der Waals surface area (Å²) in [5.74, 6) is 1.92. The summed E-state index contributed by atoms with van der Waals surface area (Å²) < 4.78 is 6.93. The van der Waals surface area contributed by atoms with Gasteiger partial charge in [-0.3, -0.25) is 4.90 Å². The van der Waals surface area contributed by atoms with Crippen molar-refractivity contribution in [3.05, 3.63) is 81.8 Å². The number of nitrogens with zero attached hydrogens (tertiary/aromatic N) is 3. The second kappa shape index (κ2) is 10.2. The van der Waals surface area contributed by atoms with Gasteiger partial charge in [0.15, 0.2) is 0 Å². The number of fused-ring (bicyclic) bond motifs is 2. The van der Waals surface area contributed by atoms with E-state index in [1.54, 1.807) is 0 Å². The van der Waals surface area contributed by atoms with Crippen LogP contribution in [0.3, 0.4) is 0 Å². The van der Waals surface area contributed by atoms with Gasteiger partial charge in [0.05, 0.1) is 18.0 Å². The molecule has 33 heavy (non-hydrogen) atoms. The molecule has 0 atom stereocenters. The predicted octanol–water partition coefficient (Wildman–Crippen LogP) is 6.32. The minimum absolute atomic E-state index is 0.694.